The number of aromatic nitrogens is 1. The van der Waals surface area contributed by atoms with Crippen molar-refractivity contribution in [1.82, 2.24) is 10.3 Å². The van der Waals surface area contributed by atoms with E-state index in [1.807, 2.05) is 18.2 Å². The highest BCUT2D eigenvalue weighted by molar-refractivity contribution is 5.94. The van der Waals surface area contributed by atoms with Crippen LogP contribution in [0.2, 0.25) is 0 Å². The summed E-state index contributed by atoms with van der Waals surface area (Å²) < 4.78 is 11.4. The zero-order valence-corrected chi connectivity index (χ0v) is 16.3. The minimum absolute atomic E-state index is 0.674. The van der Waals surface area contributed by atoms with E-state index in [4.69, 9.17) is 9.47 Å². The van der Waals surface area contributed by atoms with E-state index in [1.165, 1.54) is 22.0 Å². The molecule has 2 heterocycles. The molecule has 0 atom stereocenters. The van der Waals surface area contributed by atoms with Crippen LogP contribution in [0, 0.1) is 6.92 Å². The van der Waals surface area contributed by atoms with E-state index in [0.717, 1.165) is 42.5 Å². The maximum absolute atomic E-state index is 5.76. The second-order valence-electron chi connectivity index (χ2n) is 6.90. The number of benzene rings is 2. The Balaban J connectivity index is 1.37. The van der Waals surface area contributed by atoms with Gasteiger partial charge in [0.25, 0.3) is 0 Å². The van der Waals surface area contributed by atoms with E-state index in [0.29, 0.717) is 13.2 Å². The number of guanidine groups is 1. The summed E-state index contributed by atoms with van der Waals surface area (Å²) in [5.41, 5.74) is 4.70. The Morgan fingerprint density at radius 1 is 1.14 bits per heavy atom. The van der Waals surface area contributed by atoms with Crippen LogP contribution in [0.1, 0.15) is 17.5 Å². The number of aliphatic imine (C=N–C) groups is 1. The summed E-state index contributed by atoms with van der Waals surface area (Å²) in [7, 11) is 1.77. The molecule has 0 radical (unpaired) electrons. The van der Waals surface area contributed by atoms with Gasteiger partial charge < -0.3 is 25.1 Å². The Hall–Kier alpha value is -3.15. The van der Waals surface area contributed by atoms with Crippen LogP contribution in [0.15, 0.2) is 47.6 Å². The molecule has 28 heavy (non-hydrogen) atoms. The molecule has 0 fully saturated rings. The number of aryl methyl sites for hydroxylation is 1. The first-order valence-corrected chi connectivity index (χ1v) is 9.67. The largest absolute Gasteiger partial charge is 0.490 e. The standard InChI is InChI=1S/C22H26N4O2/c1-15-5-3-6-18-16(14-25-21(15)18)9-10-24-22(23-2)26-17-7-8-19-20(13-17)28-12-4-11-27-19/h3,5-8,13-14,25H,4,9-12H2,1-2H3,(H2,23,24,26). The fourth-order valence-electron chi connectivity index (χ4n) is 3.44. The summed E-state index contributed by atoms with van der Waals surface area (Å²) in [4.78, 5) is 7.71. The van der Waals surface area contributed by atoms with Crippen LogP contribution in [0.25, 0.3) is 10.9 Å². The molecule has 3 aromatic rings. The molecule has 0 aliphatic carbocycles. The smallest absolute Gasteiger partial charge is 0.195 e. The lowest BCUT2D eigenvalue weighted by molar-refractivity contribution is 0.297. The van der Waals surface area contributed by atoms with E-state index >= 15 is 0 Å². The van der Waals surface area contributed by atoms with Gasteiger partial charge in [-0.05, 0) is 36.6 Å². The lowest BCUT2D eigenvalue weighted by atomic mass is 10.1. The molecule has 1 aromatic heterocycles. The first-order valence-electron chi connectivity index (χ1n) is 9.67. The molecule has 6 heteroatoms. The summed E-state index contributed by atoms with van der Waals surface area (Å²) in [5, 5.41) is 7.99. The topological polar surface area (TPSA) is 70.7 Å². The molecule has 1 aliphatic rings. The van der Waals surface area contributed by atoms with Crippen molar-refractivity contribution in [1.29, 1.82) is 0 Å². The highest BCUT2D eigenvalue weighted by Gasteiger charge is 2.11. The van der Waals surface area contributed by atoms with E-state index in [1.54, 1.807) is 7.05 Å². The average Bonchev–Trinajstić information content (AvgIpc) is 2.98. The van der Waals surface area contributed by atoms with Crippen LogP contribution in [-0.2, 0) is 6.42 Å². The first kappa shape index (κ1) is 18.2. The number of rotatable bonds is 4. The highest BCUT2D eigenvalue weighted by Crippen LogP contribution is 2.32. The first-order chi connectivity index (χ1) is 13.7. The van der Waals surface area contributed by atoms with E-state index < -0.39 is 0 Å². The van der Waals surface area contributed by atoms with Crippen LogP contribution < -0.4 is 20.1 Å². The van der Waals surface area contributed by atoms with E-state index in [-0.39, 0.29) is 0 Å². The third kappa shape index (κ3) is 3.91. The maximum Gasteiger partial charge on any atom is 0.195 e. The summed E-state index contributed by atoms with van der Waals surface area (Å²) in [5.74, 6) is 2.29. The summed E-state index contributed by atoms with van der Waals surface area (Å²) >= 11 is 0. The molecule has 0 unspecified atom stereocenters. The Kier molecular flexibility index (Phi) is 5.37. The third-order valence-corrected chi connectivity index (χ3v) is 4.93. The Morgan fingerprint density at radius 3 is 2.86 bits per heavy atom. The number of nitrogens with one attached hydrogen (secondary N) is 3. The van der Waals surface area contributed by atoms with Gasteiger partial charge in [0.05, 0.1) is 13.2 Å². The molecule has 0 spiro atoms. The highest BCUT2D eigenvalue weighted by atomic mass is 16.5. The van der Waals surface area contributed by atoms with Crippen LogP contribution >= 0.6 is 0 Å². The molecule has 6 nitrogen and oxygen atoms in total. The minimum atomic E-state index is 0.674. The fraction of sp³-hybridized carbons (Fsp3) is 0.318. The molecular weight excluding hydrogens is 352 g/mol. The molecule has 0 saturated heterocycles. The van der Waals surface area contributed by atoms with Gasteiger partial charge in [0, 0.05) is 48.9 Å². The second-order valence-corrected chi connectivity index (χ2v) is 6.90. The predicted molar refractivity (Wildman–Crippen MR) is 114 cm³/mol. The lowest BCUT2D eigenvalue weighted by Crippen LogP contribution is -2.32. The van der Waals surface area contributed by atoms with Crippen molar-refractivity contribution in [2.24, 2.45) is 4.99 Å². The lowest BCUT2D eigenvalue weighted by Gasteiger charge is -2.14. The van der Waals surface area contributed by atoms with Crippen molar-refractivity contribution in [3.8, 4) is 11.5 Å². The zero-order valence-electron chi connectivity index (χ0n) is 16.3. The van der Waals surface area contributed by atoms with Gasteiger partial charge in [-0.15, -0.1) is 0 Å². The van der Waals surface area contributed by atoms with Gasteiger partial charge in [-0.2, -0.15) is 0 Å². The van der Waals surface area contributed by atoms with Crippen molar-refractivity contribution < 1.29 is 9.47 Å². The number of para-hydroxylation sites is 1. The molecule has 0 bridgehead atoms. The van der Waals surface area contributed by atoms with Gasteiger partial charge in [0.15, 0.2) is 17.5 Å². The Morgan fingerprint density at radius 2 is 2.00 bits per heavy atom. The van der Waals surface area contributed by atoms with Crippen LogP contribution in [0.4, 0.5) is 5.69 Å². The molecular formula is C22H26N4O2. The molecule has 146 valence electrons. The quantitative estimate of drug-likeness (QED) is 0.476. The molecule has 3 N–H and O–H groups in total. The molecule has 2 aromatic carbocycles. The number of nitrogens with zero attached hydrogens (tertiary/aromatic N) is 1. The minimum Gasteiger partial charge on any atom is -0.490 e. The van der Waals surface area contributed by atoms with Gasteiger partial charge in [-0.25, -0.2) is 0 Å². The second kappa shape index (κ2) is 8.25. The fourth-order valence-corrected chi connectivity index (χ4v) is 3.44. The maximum atomic E-state index is 5.76. The molecule has 4 rings (SSSR count). The van der Waals surface area contributed by atoms with Gasteiger partial charge in [0.2, 0.25) is 0 Å². The summed E-state index contributed by atoms with van der Waals surface area (Å²) in [6.07, 6.45) is 3.90. The number of H-pyrrole nitrogens is 1. The van der Waals surface area contributed by atoms with E-state index in [9.17, 15) is 0 Å². The number of fused-ring (bicyclic) bond motifs is 2. The average molecular weight is 378 g/mol. The zero-order chi connectivity index (χ0) is 19.3. The SMILES string of the molecule is CN=C(NCCc1c[nH]c2c(C)cccc12)Nc1ccc2c(c1)OCCCO2. The third-order valence-electron chi connectivity index (χ3n) is 4.93. The molecule has 1 aliphatic heterocycles. The molecule has 0 saturated carbocycles. The van der Waals surface area contributed by atoms with Crippen LogP contribution in [0.3, 0.4) is 0 Å². The van der Waals surface area contributed by atoms with Gasteiger partial charge in [0.1, 0.15) is 0 Å². The van der Waals surface area contributed by atoms with Crippen LogP contribution in [0.5, 0.6) is 11.5 Å². The van der Waals surface area contributed by atoms with Gasteiger partial charge in [-0.1, -0.05) is 18.2 Å². The Bertz CT molecular complexity index is 993. The van der Waals surface area contributed by atoms with Crippen molar-refractivity contribution in [2.75, 3.05) is 32.1 Å². The number of hydrogen-bond acceptors (Lipinski definition) is 3. The van der Waals surface area contributed by atoms with Crippen molar-refractivity contribution in [2.45, 2.75) is 19.8 Å². The normalized spacial score (nSPS) is 14.0. The number of anilines is 1. The van der Waals surface area contributed by atoms with Crippen molar-refractivity contribution in [3.05, 3.63) is 53.7 Å². The summed E-state index contributed by atoms with van der Waals surface area (Å²) in [6, 6.07) is 12.3. The monoisotopic (exact) mass is 378 g/mol. The number of ether oxygens (including phenoxy) is 2. The molecule has 0 amide bonds. The van der Waals surface area contributed by atoms with E-state index in [2.05, 4.69) is 51.9 Å². The van der Waals surface area contributed by atoms with Gasteiger partial charge >= 0.3 is 0 Å². The summed E-state index contributed by atoms with van der Waals surface area (Å²) in [6.45, 7) is 4.27. The van der Waals surface area contributed by atoms with Crippen molar-refractivity contribution >= 4 is 22.5 Å². The van der Waals surface area contributed by atoms with Gasteiger partial charge in [-0.3, -0.25) is 4.99 Å². The Labute approximate surface area is 165 Å². The number of hydrogen-bond donors (Lipinski definition) is 3. The predicted octanol–water partition coefficient (Wildman–Crippen LogP) is 3.87. The van der Waals surface area contributed by atoms with Crippen LogP contribution in [-0.4, -0.2) is 37.7 Å². The number of aromatic amines is 1. The van der Waals surface area contributed by atoms with Crippen molar-refractivity contribution in [3.63, 3.8) is 0 Å².